The van der Waals surface area contributed by atoms with Crippen LogP contribution in [-0.4, -0.2) is 63.7 Å². The van der Waals surface area contributed by atoms with E-state index in [1.807, 2.05) is 0 Å². The molecule has 0 radical (unpaired) electrons. The van der Waals surface area contributed by atoms with Gasteiger partial charge < -0.3 is 19.9 Å². The standard InChI is InChI=1S/C16H24N2O6S/c1-23-14-7-6-12(11-15(14)24-2)25(21,22)18-9-3-5-13(18)16(20)17-8-4-10-19/h6-7,11,13,19H,3-5,8-10H2,1-2H3,(H,17,20). The maximum atomic E-state index is 13.0. The summed E-state index contributed by atoms with van der Waals surface area (Å²) in [6.07, 6.45) is 1.52. The second kappa shape index (κ2) is 8.50. The van der Waals surface area contributed by atoms with Crippen molar-refractivity contribution in [2.75, 3.05) is 33.9 Å². The number of rotatable bonds is 8. The van der Waals surface area contributed by atoms with Crippen molar-refractivity contribution in [1.29, 1.82) is 0 Å². The number of aliphatic hydroxyl groups is 1. The van der Waals surface area contributed by atoms with Crippen LogP contribution in [0, 0.1) is 0 Å². The molecule has 0 spiro atoms. The lowest BCUT2D eigenvalue weighted by molar-refractivity contribution is -0.124. The van der Waals surface area contributed by atoms with Crippen LogP contribution in [0.5, 0.6) is 11.5 Å². The number of methoxy groups -OCH3 is 2. The minimum absolute atomic E-state index is 0.0292. The molecule has 0 aliphatic carbocycles. The van der Waals surface area contributed by atoms with Crippen molar-refractivity contribution >= 4 is 15.9 Å². The number of carbonyl (C=O) groups is 1. The van der Waals surface area contributed by atoms with Gasteiger partial charge in [-0.3, -0.25) is 4.79 Å². The Labute approximate surface area is 147 Å². The first-order valence-electron chi connectivity index (χ1n) is 8.08. The van der Waals surface area contributed by atoms with Crippen LogP contribution in [0.25, 0.3) is 0 Å². The molecule has 0 bridgehead atoms. The van der Waals surface area contributed by atoms with Gasteiger partial charge in [0.1, 0.15) is 6.04 Å². The topological polar surface area (TPSA) is 105 Å². The van der Waals surface area contributed by atoms with Gasteiger partial charge in [-0.25, -0.2) is 8.42 Å². The van der Waals surface area contributed by atoms with E-state index in [-0.39, 0.29) is 24.0 Å². The Bertz CT molecular complexity index is 707. The largest absolute Gasteiger partial charge is 0.493 e. The Balaban J connectivity index is 2.24. The summed E-state index contributed by atoms with van der Waals surface area (Å²) < 4.78 is 37.4. The third-order valence-electron chi connectivity index (χ3n) is 4.10. The Morgan fingerprint density at radius 2 is 2.04 bits per heavy atom. The van der Waals surface area contributed by atoms with E-state index >= 15 is 0 Å². The summed E-state index contributed by atoms with van der Waals surface area (Å²) in [5.41, 5.74) is 0. The summed E-state index contributed by atoms with van der Waals surface area (Å²) in [6.45, 7) is 0.573. The molecule has 1 unspecified atom stereocenters. The first kappa shape index (κ1) is 19.5. The molecule has 1 aromatic rings. The molecule has 25 heavy (non-hydrogen) atoms. The molecule has 1 amide bonds. The van der Waals surface area contributed by atoms with E-state index in [1.54, 1.807) is 0 Å². The van der Waals surface area contributed by atoms with Gasteiger partial charge >= 0.3 is 0 Å². The maximum absolute atomic E-state index is 13.0. The zero-order valence-corrected chi connectivity index (χ0v) is 15.2. The van der Waals surface area contributed by atoms with Crippen LogP contribution in [-0.2, 0) is 14.8 Å². The SMILES string of the molecule is COc1ccc(S(=O)(=O)N2CCCC2C(=O)NCCCO)cc1OC. The molecule has 2 N–H and O–H groups in total. The number of amides is 1. The van der Waals surface area contributed by atoms with Gasteiger partial charge in [-0.2, -0.15) is 4.31 Å². The zero-order valence-electron chi connectivity index (χ0n) is 14.4. The molecule has 1 heterocycles. The molecule has 1 aromatic carbocycles. The predicted molar refractivity (Wildman–Crippen MR) is 91.2 cm³/mol. The van der Waals surface area contributed by atoms with Gasteiger partial charge in [0.25, 0.3) is 0 Å². The second-order valence-electron chi connectivity index (χ2n) is 5.66. The highest BCUT2D eigenvalue weighted by Crippen LogP contribution is 2.33. The summed E-state index contributed by atoms with van der Waals surface area (Å²) in [4.78, 5) is 12.3. The fourth-order valence-electron chi connectivity index (χ4n) is 2.81. The highest BCUT2D eigenvalue weighted by atomic mass is 32.2. The number of benzene rings is 1. The normalized spacial score (nSPS) is 18.1. The van der Waals surface area contributed by atoms with E-state index in [1.165, 1.54) is 36.7 Å². The quantitative estimate of drug-likeness (QED) is 0.638. The number of nitrogens with one attached hydrogen (secondary N) is 1. The van der Waals surface area contributed by atoms with Gasteiger partial charge in [-0.1, -0.05) is 0 Å². The molecule has 140 valence electrons. The van der Waals surface area contributed by atoms with Crippen molar-refractivity contribution in [2.24, 2.45) is 0 Å². The molecule has 1 saturated heterocycles. The maximum Gasteiger partial charge on any atom is 0.243 e. The number of aliphatic hydroxyl groups excluding tert-OH is 1. The first-order chi connectivity index (χ1) is 12.0. The van der Waals surface area contributed by atoms with Gasteiger partial charge in [0, 0.05) is 25.8 Å². The van der Waals surface area contributed by atoms with Gasteiger partial charge in [0.05, 0.1) is 19.1 Å². The Hall–Kier alpha value is -1.84. The van der Waals surface area contributed by atoms with Crippen molar-refractivity contribution in [3.05, 3.63) is 18.2 Å². The molecule has 0 saturated carbocycles. The zero-order chi connectivity index (χ0) is 18.4. The van der Waals surface area contributed by atoms with Gasteiger partial charge in [0.15, 0.2) is 11.5 Å². The van der Waals surface area contributed by atoms with Crippen LogP contribution in [0.1, 0.15) is 19.3 Å². The van der Waals surface area contributed by atoms with E-state index in [4.69, 9.17) is 14.6 Å². The summed E-state index contributed by atoms with van der Waals surface area (Å²) in [7, 11) is -0.930. The van der Waals surface area contributed by atoms with Gasteiger partial charge in [-0.05, 0) is 31.4 Å². The molecule has 1 fully saturated rings. The van der Waals surface area contributed by atoms with Crippen molar-refractivity contribution in [3.63, 3.8) is 0 Å². The minimum atomic E-state index is -3.83. The lowest BCUT2D eigenvalue weighted by atomic mass is 10.2. The van der Waals surface area contributed by atoms with Crippen LogP contribution in [0.2, 0.25) is 0 Å². The van der Waals surface area contributed by atoms with Crippen LogP contribution in [0.3, 0.4) is 0 Å². The van der Waals surface area contributed by atoms with E-state index in [2.05, 4.69) is 5.32 Å². The molecule has 8 nitrogen and oxygen atoms in total. The second-order valence-corrected chi connectivity index (χ2v) is 7.55. The van der Waals surface area contributed by atoms with Crippen molar-refractivity contribution in [1.82, 2.24) is 9.62 Å². The fraction of sp³-hybridized carbons (Fsp3) is 0.562. The van der Waals surface area contributed by atoms with E-state index < -0.39 is 16.1 Å². The Morgan fingerprint density at radius 3 is 2.68 bits per heavy atom. The Kier molecular flexibility index (Phi) is 6.63. The van der Waals surface area contributed by atoms with E-state index in [9.17, 15) is 13.2 Å². The minimum Gasteiger partial charge on any atom is -0.493 e. The molecule has 0 aromatic heterocycles. The monoisotopic (exact) mass is 372 g/mol. The highest BCUT2D eigenvalue weighted by molar-refractivity contribution is 7.89. The Morgan fingerprint density at radius 1 is 1.32 bits per heavy atom. The van der Waals surface area contributed by atoms with Crippen molar-refractivity contribution in [2.45, 2.75) is 30.2 Å². The smallest absolute Gasteiger partial charge is 0.243 e. The molecular formula is C16H24N2O6S. The van der Waals surface area contributed by atoms with Crippen molar-refractivity contribution in [3.8, 4) is 11.5 Å². The van der Waals surface area contributed by atoms with E-state index in [0.29, 0.717) is 37.3 Å². The molecule has 2 rings (SSSR count). The number of nitrogens with zero attached hydrogens (tertiary/aromatic N) is 1. The van der Waals surface area contributed by atoms with Crippen molar-refractivity contribution < 1.29 is 27.8 Å². The highest BCUT2D eigenvalue weighted by Gasteiger charge is 2.39. The third kappa shape index (κ3) is 4.23. The molecule has 9 heteroatoms. The predicted octanol–water partition coefficient (Wildman–Crippen LogP) is 0.356. The summed E-state index contributed by atoms with van der Waals surface area (Å²) in [5, 5.41) is 11.5. The van der Waals surface area contributed by atoms with Gasteiger partial charge in [0.2, 0.25) is 15.9 Å². The molecule has 1 aliphatic rings. The molecular weight excluding hydrogens is 348 g/mol. The number of ether oxygens (including phenoxy) is 2. The number of sulfonamides is 1. The average molecular weight is 372 g/mol. The lowest BCUT2D eigenvalue weighted by Gasteiger charge is -2.23. The lowest BCUT2D eigenvalue weighted by Crippen LogP contribution is -2.46. The molecule has 1 aliphatic heterocycles. The third-order valence-corrected chi connectivity index (χ3v) is 6.01. The number of hydrogen-bond donors (Lipinski definition) is 2. The first-order valence-corrected chi connectivity index (χ1v) is 9.52. The summed E-state index contributed by atoms with van der Waals surface area (Å²) in [6, 6.07) is 3.62. The number of carbonyl (C=O) groups excluding carboxylic acids is 1. The number of hydrogen-bond acceptors (Lipinski definition) is 6. The van der Waals surface area contributed by atoms with E-state index in [0.717, 1.165) is 0 Å². The summed E-state index contributed by atoms with van der Waals surface area (Å²) in [5.74, 6) is 0.405. The molecule has 1 atom stereocenters. The fourth-order valence-corrected chi connectivity index (χ4v) is 4.48. The average Bonchev–Trinajstić information content (AvgIpc) is 3.11. The van der Waals surface area contributed by atoms with Crippen LogP contribution in [0.15, 0.2) is 23.1 Å². The van der Waals surface area contributed by atoms with Crippen LogP contribution >= 0.6 is 0 Å². The summed E-state index contributed by atoms with van der Waals surface area (Å²) >= 11 is 0. The van der Waals surface area contributed by atoms with Crippen LogP contribution < -0.4 is 14.8 Å². The van der Waals surface area contributed by atoms with Gasteiger partial charge in [-0.15, -0.1) is 0 Å². The van der Waals surface area contributed by atoms with Crippen LogP contribution in [0.4, 0.5) is 0 Å².